The van der Waals surface area contributed by atoms with Gasteiger partial charge in [0.25, 0.3) is 0 Å². The van der Waals surface area contributed by atoms with Gasteiger partial charge in [0.15, 0.2) is 0 Å². The van der Waals surface area contributed by atoms with Crippen LogP contribution in [0.25, 0.3) is 0 Å². The first-order valence-electron chi connectivity index (χ1n) is 6.86. The average Bonchev–Trinajstić information content (AvgIpc) is 2.78. The molecule has 0 aliphatic carbocycles. The number of thiophene rings is 1. The van der Waals surface area contributed by atoms with E-state index in [0.717, 1.165) is 12.8 Å². The van der Waals surface area contributed by atoms with E-state index in [1.165, 1.54) is 9.75 Å². The number of carbonyl (C=O) groups is 1. The number of nitrogens with two attached hydrogens (primary N) is 1. The molecule has 3 nitrogen and oxygen atoms in total. The molecule has 0 aromatic carbocycles. The van der Waals surface area contributed by atoms with E-state index in [1.54, 1.807) is 11.3 Å². The highest BCUT2D eigenvalue weighted by molar-refractivity contribution is 7.12. The number of rotatable bonds is 6. The Labute approximate surface area is 120 Å². The maximum atomic E-state index is 11.2. The summed E-state index contributed by atoms with van der Waals surface area (Å²) in [5, 5.41) is 0. The quantitative estimate of drug-likeness (QED) is 0.808. The molecule has 1 rings (SSSR count). The molecule has 1 unspecified atom stereocenters. The lowest BCUT2D eigenvalue weighted by atomic mass is 9.95. The zero-order valence-corrected chi connectivity index (χ0v) is 13.2. The molecule has 0 aliphatic heterocycles. The fraction of sp³-hybridized carbons (Fsp3) is 0.667. The molecule has 108 valence electrons. The van der Waals surface area contributed by atoms with Gasteiger partial charge in [-0.15, -0.1) is 11.3 Å². The summed E-state index contributed by atoms with van der Waals surface area (Å²) in [6.45, 7) is 8.88. The van der Waals surface area contributed by atoms with Crippen molar-refractivity contribution in [1.82, 2.24) is 0 Å². The molecule has 0 saturated heterocycles. The van der Waals surface area contributed by atoms with Gasteiger partial charge in [-0.05, 0) is 37.3 Å². The molecule has 0 aliphatic rings. The van der Waals surface area contributed by atoms with Crippen molar-refractivity contribution in [3.63, 3.8) is 0 Å². The molecular formula is C15H25NO2S. The molecule has 0 amide bonds. The summed E-state index contributed by atoms with van der Waals surface area (Å²) in [7, 11) is 0. The normalized spacial score (nSPS) is 13.3. The van der Waals surface area contributed by atoms with Gasteiger partial charge in [-0.25, -0.2) is 0 Å². The van der Waals surface area contributed by atoms with Crippen LogP contribution in [0.15, 0.2) is 12.1 Å². The van der Waals surface area contributed by atoms with Gasteiger partial charge in [-0.3, -0.25) is 4.79 Å². The molecule has 0 radical (unpaired) electrons. The monoisotopic (exact) mass is 283 g/mol. The van der Waals surface area contributed by atoms with Crippen LogP contribution in [0, 0.1) is 0 Å². The van der Waals surface area contributed by atoms with Crippen LogP contribution in [0.4, 0.5) is 0 Å². The molecule has 4 heteroatoms. The first-order chi connectivity index (χ1) is 8.84. The van der Waals surface area contributed by atoms with Crippen molar-refractivity contribution in [2.45, 2.75) is 58.4 Å². The van der Waals surface area contributed by atoms with Crippen molar-refractivity contribution in [3.8, 4) is 0 Å². The summed E-state index contributed by atoms with van der Waals surface area (Å²) in [4.78, 5) is 13.8. The third-order valence-corrected chi connectivity index (χ3v) is 4.58. The Morgan fingerprint density at radius 1 is 1.42 bits per heavy atom. The fourth-order valence-corrected chi connectivity index (χ4v) is 2.90. The number of esters is 1. The van der Waals surface area contributed by atoms with Gasteiger partial charge in [-0.2, -0.15) is 0 Å². The van der Waals surface area contributed by atoms with E-state index < -0.39 is 0 Å². The Morgan fingerprint density at radius 2 is 2.11 bits per heavy atom. The van der Waals surface area contributed by atoms with Crippen molar-refractivity contribution in [2.75, 3.05) is 6.61 Å². The van der Waals surface area contributed by atoms with Crippen LogP contribution < -0.4 is 5.73 Å². The topological polar surface area (TPSA) is 52.3 Å². The molecule has 19 heavy (non-hydrogen) atoms. The lowest BCUT2D eigenvalue weighted by Crippen LogP contribution is -2.11. The average molecular weight is 283 g/mol. The number of hydrogen-bond acceptors (Lipinski definition) is 4. The minimum absolute atomic E-state index is 0.0236. The van der Waals surface area contributed by atoms with Gasteiger partial charge in [0.05, 0.1) is 6.61 Å². The Hall–Kier alpha value is -0.870. The summed E-state index contributed by atoms with van der Waals surface area (Å²) in [5.41, 5.74) is 6.34. The molecule has 0 fully saturated rings. The van der Waals surface area contributed by atoms with E-state index in [1.807, 2.05) is 6.92 Å². The summed E-state index contributed by atoms with van der Waals surface area (Å²) in [6, 6.07) is 4.29. The van der Waals surface area contributed by atoms with E-state index >= 15 is 0 Å². The smallest absolute Gasteiger partial charge is 0.305 e. The molecule has 2 N–H and O–H groups in total. The molecule has 0 saturated carbocycles. The Bertz CT molecular complexity index is 407. The lowest BCUT2D eigenvalue weighted by Gasteiger charge is -2.15. The predicted molar refractivity (Wildman–Crippen MR) is 80.4 cm³/mol. The van der Waals surface area contributed by atoms with Gasteiger partial charge in [0, 0.05) is 22.2 Å². The van der Waals surface area contributed by atoms with Crippen LogP contribution in [0.1, 0.15) is 62.8 Å². The molecule has 1 aromatic rings. The zero-order valence-electron chi connectivity index (χ0n) is 12.4. The van der Waals surface area contributed by atoms with Crippen LogP contribution in [0.5, 0.6) is 0 Å². The third-order valence-electron chi connectivity index (χ3n) is 2.93. The van der Waals surface area contributed by atoms with E-state index in [4.69, 9.17) is 10.5 Å². The SMILES string of the molecule is CCOC(=O)CCCC(N)c1ccc(C(C)(C)C)s1. The standard InChI is InChI=1S/C15H25NO2S/c1-5-18-14(17)8-6-7-11(16)12-9-10-13(19-12)15(2,3)4/h9-11H,5-8,16H2,1-4H3. The molecule has 1 heterocycles. The lowest BCUT2D eigenvalue weighted by molar-refractivity contribution is -0.143. The maximum absolute atomic E-state index is 11.2. The van der Waals surface area contributed by atoms with Crippen LogP contribution in [-0.4, -0.2) is 12.6 Å². The largest absolute Gasteiger partial charge is 0.466 e. The molecule has 1 atom stereocenters. The number of ether oxygens (including phenoxy) is 1. The second-order valence-electron chi connectivity index (χ2n) is 5.76. The van der Waals surface area contributed by atoms with Gasteiger partial charge < -0.3 is 10.5 Å². The minimum Gasteiger partial charge on any atom is -0.466 e. The van der Waals surface area contributed by atoms with Crippen LogP contribution in [-0.2, 0) is 14.9 Å². The molecule has 0 spiro atoms. The summed E-state index contributed by atoms with van der Waals surface area (Å²) < 4.78 is 4.90. The molecular weight excluding hydrogens is 258 g/mol. The van der Waals surface area contributed by atoms with Crippen LogP contribution in [0.2, 0.25) is 0 Å². The predicted octanol–water partition coefficient (Wildman–Crippen LogP) is 3.78. The summed E-state index contributed by atoms with van der Waals surface area (Å²) in [5.74, 6) is -0.128. The first kappa shape index (κ1) is 16.2. The highest BCUT2D eigenvalue weighted by atomic mass is 32.1. The maximum Gasteiger partial charge on any atom is 0.305 e. The van der Waals surface area contributed by atoms with E-state index in [9.17, 15) is 4.79 Å². The summed E-state index contributed by atoms with van der Waals surface area (Å²) in [6.07, 6.45) is 2.06. The van der Waals surface area contributed by atoms with E-state index in [-0.39, 0.29) is 17.4 Å². The van der Waals surface area contributed by atoms with Crippen molar-refractivity contribution in [3.05, 3.63) is 21.9 Å². The second kappa shape index (κ2) is 7.06. The zero-order chi connectivity index (χ0) is 14.5. The van der Waals surface area contributed by atoms with Crippen molar-refractivity contribution in [1.29, 1.82) is 0 Å². The van der Waals surface area contributed by atoms with E-state index in [0.29, 0.717) is 13.0 Å². The first-order valence-corrected chi connectivity index (χ1v) is 7.67. The number of hydrogen-bond donors (Lipinski definition) is 1. The van der Waals surface area contributed by atoms with Crippen molar-refractivity contribution < 1.29 is 9.53 Å². The highest BCUT2D eigenvalue weighted by Crippen LogP contribution is 2.32. The van der Waals surface area contributed by atoms with Crippen molar-refractivity contribution in [2.24, 2.45) is 5.73 Å². The van der Waals surface area contributed by atoms with E-state index in [2.05, 4.69) is 32.9 Å². The minimum atomic E-state index is -0.128. The van der Waals surface area contributed by atoms with Crippen LogP contribution >= 0.6 is 11.3 Å². The van der Waals surface area contributed by atoms with Crippen molar-refractivity contribution >= 4 is 17.3 Å². The summed E-state index contributed by atoms with van der Waals surface area (Å²) >= 11 is 1.78. The molecule has 0 bridgehead atoms. The Kier molecular flexibility index (Phi) is 6.01. The van der Waals surface area contributed by atoms with Gasteiger partial charge in [-0.1, -0.05) is 20.8 Å². The number of carbonyl (C=O) groups excluding carboxylic acids is 1. The highest BCUT2D eigenvalue weighted by Gasteiger charge is 2.18. The van der Waals surface area contributed by atoms with Gasteiger partial charge in [0.1, 0.15) is 0 Å². The van der Waals surface area contributed by atoms with Gasteiger partial charge >= 0.3 is 5.97 Å². The third kappa shape index (κ3) is 5.33. The van der Waals surface area contributed by atoms with Gasteiger partial charge in [0.2, 0.25) is 0 Å². The molecule has 1 aromatic heterocycles. The second-order valence-corrected chi connectivity index (χ2v) is 6.87. The van der Waals surface area contributed by atoms with Crippen LogP contribution in [0.3, 0.4) is 0 Å². The fourth-order valence-electron chi connectivity index (χ4n) is 1.80. The Balaban J connectivity index is 2.43. The Morgan fingerprint density at radius 3 is 2.63 bits per heavy atom.